The molecule has 5 nitrogen and oxygen atoms in total. The third kappa shape index (κ3) is 2.18. The Morgan fingerprint density at radius 3 is 3.20 bits per heavy atom. The Balaban J connectivity index is 2.35. The molecule has 2 aromatic heterocycles. The van der Waals surface area contributed by atoms with Crippen molar-refractivity contribution in [2.24, 2.45) is 0 Å². The number of aromatic amines is 1. The topological polar surface area (TPSA) is 67.9 Å². The Labute approximate surface area is 94.1 Å². The molecule has 0 aliphatic carbocycles. The first-order valence-corrected chi connectivity index (χ1v) is 5.36. The molecule has 2 aromatic rings. The molecule has 7 heteroatoms. The molecule has 0 radical (unpaired) electrons. The number of fused-ring (bicyclic) bond motifs is 1. The van der Waals surface area contributed by atoms with E-state index in [4.69, 9.17) is 17.0 Å². The van der Waals surface area contributed by atoms with Crippen LogP contribution in [-0.2, 0) is 16.1 Å². The van der Waals surface area contributed by atoms with Crippen molar-refractivity contribution in [1.29, 1.82) is 0 Å². The van der Waals surface area contributed by atoms with Gasteiger partial charge in [0.15, 0.2) is 0 Å². The van der Waals surface area contributed by atoms with Gasteiger partial charge in [-0.15, -0.1) is 0 Å². The van der Waals surface area contributed by atoms with Gasteiger partial charge in [-0.25, -0.2) is 9.97 Å². The second-order valence-electron chi connectivity index (χ2n) is 2.77. The number of H-pyrrole nitrogens is 1. The van der Waals surface area contributed by atoms with E-state index < -0.39 is 0 Å². The van der Waals surface area contributed by atoms with Crippen LogP contribution >= 0.6 is 23.6 Å². The summed E-state index contributed by atoms with van der Waals surface area (Å²) in [5.41, 5.74) is 0.652. The molecule has 1 N–H and O–H groups in total. The highest BCUT2D eigenvalue weighted by Gasteiger charge is 2.07. The molecular weight excluding hydrogens is 234 g/mol. The van der Waals surface area contributed by atoms with Crippen molar-refractivity contribution >= 4 is 39.9 Å². The first-order valence-electron chi connectivity index (χ1n) is 4.13. The maximum atomic E-state index is 10.6. The Hall–Kier alpha value is -1.34. The molecule has 0 fully saturated rings. The lowest BCUT2D eigenvalue weighted by Crippen LogP contribution is -1.97. The van der Waals surface area contributed by atoms with Crippen LogP contribution in [0.2, 0.25) is 0 Å². The van der Waals surface area contributed by atoms with E-state index in [9.17, 15) is 4.79 Å². The molecule has 0 amide bonds. The summed E-state index contributed by atoms with van der Waals surface area (Å²) in [4.78, 5) is 22.5. The molecule has 0 saturated heterocycles. The highest BCUT2D eigenvalue weighted by Crippen LogP contribution is 2.20. The molecule has 0 spiro atoms. The standard InChI is InChI=1S/C8H7N3O2S2/c1-4(12)13-2-5-11-6-7(14)9-3-10-8(6)15-5/h3H,2H2,1H3,(H,9,10,14). The quantitative estimate of drug-likeness (QED) is 0.641. The van der Waals surface area contributed by atoms with Gasteiger partial charge >= 0.3 is 5.97 Å². The summed E-state index contributed by atoms with van der Waals surface area (Å²) in [7, 11) is 0. The number of esters is 1. The van der Waals surface area contributed by atoms with E-state index in [2.05, 4.69) is 15.0 Å². The fourth-order valence-electron chi connectivity index (χ4n) is 1.03. The third-order valence-corrected chi connectivity index (χ3v) is 2.89. The molecule has 0 bridgehead atoms. The molecule has 0 unspecified atom stereocenters. The van der Waals surface area contributed by atoms with E-state index in [-0.39, 0.29) is 12.6 Å². The second-order valence-corrected chi connectivity index (χ2v) is 4.24. The summed E-state index contributed by atoms with van der Waals surface area (Å²) in [6, 6.07) is 0. The van der Waals surface area contributed by atoms with Crippen molar-refractivity contribution in [3.8, 4) is 0 Å². The van der Waals surface area contributed by atoms with Gasteiger partial charge in [0.05, 0.1) is 6.33 Å². The van der Waals surface area contributed by atoms with Crippen LogP contribution in [-0.4, -0.2) is 20.9 Å². The van der Waals surface area contributed by atoms with Crippen LogP contribution in [0.5, 0.6) is 0 Å². The number of thiazole rings is 1. The minimum absolute atomic E-state index is 0.172. The Bertz CT molecular complexity index is 560. The monoisotopic (exact) mass is 241 g/mol. The number of nitrogens with zero attached hydrogens (tertiary/aromatic N) is 2. The predicted octanol–water partition coefficient (Wildman–Crippen LogP) is 1.81. The average Bonchev–Trinajstić information content (AvgIpc) is 2.59. The fraction of sp³-hybridized carbons (Fsp3) is 0.250. The number of nitrogens with one attached hydrogen (secondary N) is 1. The largest absolute Gasteiger partial charge is 0.458 e. The lowest BCUT2D eigenvalue weighted by Gasteiger charge is -1.95. The minimum Gasteiger partial charge on any atom is -0.458 e. The van der Waals surface area contributed by atoms with Gasteiger partial charge in [-0.1, -0.05) is 23.6 Å². The van der Waals surface area contributed by atoms with Crippen molar-refractivity contribution in [3.05, 3.63) is 16.0 Å². The van der Waals surface area contributed by atoms with Crippen LogP contribution in [0.25, 0.3) is 10.3 Å². The van der Waals surface area contributed by atoms with E-state index in [1.165, 1.54) is 24.6 Å². The first-order chi connectivity index (χ1) is 7.16. The molecule has 2 heterocycles. The van der Waals surface area contributed by atoms with Crippen molar-refractivity contribution in [2.45, 2.75) is 13.5 Å². The van der Waals surface area contributed by atoms with E-state index in [0.717, 1.165) is 4.83 Å². The summed E-state index contributed by atoms with van der Waals surface area (Å²) >= 11 is 6.41. The molecule has 0 saturated carbocycles. The van der Waals surface area contributed by atoms with Crippen molar-refractivity contribution < 1.29 is 9.53 Å². The summed E-state index contributed by atoms with van der Waals surface area (Å²) in [6.07, 6.45) is 1.53. The third-order valence-electron chi connectivity index (χ3n) is 1.64. The molecule has 0 atom stereocenters. The molecule has 78 valence electrons. The normalized spacial score (nSPS) is 10.5. The number of carbonyl (C=O) groups is 1. The second kappa shape index (κ2) is 4.03. The maximum absolute atomic E-state index is 10.6. The van der Waals surface area contributed by atoms with Crippen LogP contribution in [0.1, 0.15) is 11.9 Å². The Morgan fingerprint density at radius 2 is 2.53 bits per heavy atom. The summed E-state index contributed by atoms with van der Waals surface area (Å²) in [6.45, 7) is 1.53. The van der Waals surface area contributed by atoms with Crippen molar-refractivity contribution in [1.82, 2.24) is 15.0 Å². The van der Waals surface area contributed by atoms with Crippen LogP contribution in [0.15, 0.2) is 6.33 Å². The lowest BCUT2D eigenvalue weighted by atomic mass is 10.6. The van der Waals surface area contributed by atoms with Gasteiger partial charge in [-0.2, -0.15) is 0 Å². The van der Waals surface area contributed by atoms with Gasteiger partial charge in [0.25, 0.3) is 0 Å². The lowest BCUT2D eigenvalue weighted by molar-refractivity contribution is -0.142. The Morgan fingerprint density at radius 1 is 1.73 bits per heavy atom. The molecule has 0 aliphatic rings. The van der Waals surface area contributed by atoms with Crippen LogP contribution in [0.4, 0.5) is 0 Å². The summed E-state index contributed by atoms with van der Waals surface area (Å²) in [5, 5.41) is 0.693. The number of ether oxygens (including phenoxy) is 1. The van der Waals surface area contributed by atoms with Crippen molar-refractivity contribution in [3.63, 3.8) is 0 Å². The van der Waals surface area contributed by atoms with Gasteiger partial charge in [-0.05, 0) is 0 Å². The van der Waals surface area contributed by atoms with Gasteiger partial charge in [0, 0.05) is 6.92 Å². The highest BCUT2D eigenvalue weighted by molar-refractivity contribution is 7.71. The van der Waals surface area contributed by atoms with E-state index >= 15 is 0 Å². The van der Waals surface area contributed by atoms with Crippen molar-refractivity contribution in [2.75, 3.05) is 0 Å². The van der Waals surface area contributed by atoms with Gasteiger partial charge in [-0.3, -0.25) is 4.79 Å². The first kappa shape index (κ1) is 10.2. The smallest absolute Gasteiger partial charge is 0.303 e. The zero-order valence-electron chi connectivity index (χ0n) is 7.81. The molecular formula is C8H7N3O2S2. The number of rotatable bonds is 2. The zero-order chi connectivity index (χ0) is 10.8. The number of hydrogen-bond donors (Lipinski definition) is 1. The van der Waals surface area contributed by atoms with Crippen LogP contribution in [0.3, 0.4) is 0 Å². The van der Waals surface area contributed by atoms with E-state index in [0.29, 0.717) is 15.2 Å². The predicted molar refractivity (Wildman–Crippen MR) is 58.1 cm³/mol. The zero-order valence-corrected chi connectivity index (χ0v) is 9.44. The van der Waals surface area contributed by atoms with E-state index in [1.807, 2.05) is 0 Å². The molecule has 0 aliphatic heterocycles. The van der Waals surface area contributed by atoms with Crippen LogP contribution in [0, 0.1) is 4.64 Å². The number of hydrogen-bond acceptors (Lipinski definition) is 6. The molecule has 0 aromatic carbocycles. The Kier molecular flexibility index (Phi) is 2.74. The average molecular weight is 241 g/mol. The minimum atomic E-state index is -0.327. The number of aromatic nitrogens is 3. The molecule has 2 rings (SSSR count). The van der Waals surface area contributed by atoms with Gasteiger partial charge in [0.2, 0.25) is 0 Å². The number of carbonyl (C=O) groups excluding carboxylic acids is 1. The highest BCUT2D eigenvalue weighted by atomic mass is 32.1. The fourth-order valence-corrected chi connectivity index (χ4v) is 2.12. The summed E-state index contributed by atoms with van der Waals surface area (Å²) < 4.78 is 5.38. The SMILES string of the molecule is CC(=O)OCc1nc2c(=S)[nH]cnc2s1. The summed E-state index contributed by atoms with van der Waals surface area (Å²) in [5.74, 6) is -0.327. The molecule has 15 heavy (non-hydrogen) atoms. The van der Waals surface area contributed by atoms with Gasteiger partial charge < -0.3 is 9.72 Å². The van der Waals surface area contributed by atoms with Crippen LogP contribution < -0.4 is 0 Å². The maximum Gasteiger partial charge on any atom is 0.303 e. The van der Waals surface area contributed by atoms with Gasteiger partial charge in [0.1, 0.15) is 26.6 Å². The van der Waals surface area contributed by atoms with E-state index in [1.54, 1.807) is 0 Å².